The summed E-state index contributed by atoms with van der Waals surface area (Å²) in [6.45, 7) is 2.38. The maximum atomic E-state index is 11.7. The van der Waals surface area contributed by atoms with Gasteiger partial charge in [0.2, 0.25) is 0 Å². The Hall–Kier alpha value is -1.75. The summed E-state index contributed by atoms with van der Waals surface area (Å²) in [5, 5.41) is 14.4. The van der Waals surface area contributed by atoms with Crippen LogP contribution in [0.15, 0.2) is 18.2 Å². The van der Waals surface area contributed by atoms with E-state index in [1.807, 2.05) is 19.1 Å². The van der Waals surface area contributed by atoms with E-state index in [0.29, 0.717) is 23.7 Å². The molecule has 3 N–H and O–H groups in total. The summed E-state index contributed by atoms with van der Waals surface area (Å²) >= 11 is 6.01. The molecule has 0 aliphatic heterocycles. The summed E-state index contributed by atoms with van der Waals surface area (Å²) in [6.07, 6.45) is 2.33. The van der Waals surface area contributed by atoms with Crippen molar-refractivity contribution >= 4 is 29.3 Å². The van der Waals surface area contributed by atoms with Crippen molar-refractivity contribution in [1.82, 2.24) is 5.32 Å². The van der Waals surface area contributed by atoms with Gasteiger partial charge in [0.15, 0.2) is 0 Å². The number of carbonyl (C=O) groups excluding carboxylic acids is 1. The van der Waals surface area contributed by atoms with Gasteiger partial charge in [-0.2, -0.15) is 0 Å². The van der Waals surface area contributed by atoms with Gasteiger partial charge in [-0.25, -0.2) is 4.79 Å². The Kier molecular flexibility index (Phi) is 6.87. The second kappa shape index (κ2) is 8.43. The molecule has 0 fully saturated rings. The molecule has 2 amide bonds. The SMILES string of the molecule is Cc1cccc(Cl)c1NC(=O)NCCCCCC(=O)O. The van der Waals surface area contributed by atoms with Gasteiger partial charge in [0.05, 0.1) is 10.7 Å². The molecule has 0 saturated carbocycles. The molecule has 0 unspecified atom stereocenters. The zero-order valence-electron chi connectivity index (χ0n) is 11.4. The van der Waals surface area contributed by atoms with Crippen molar-refractivity contribution in [2.45, 2.75) is 32.6 Å². The number of anilines is 1. The van der Waals surface area contributed by atoms with Crippen molar-refractivity contribution in [2.24, 2.45) is 0 Å². The number of urea groups is 1. The van der Waals surface area contributed by atoms with Crippen LogP contribution in [0, 0.1) is 6.92 Å². The Morgan fingerprint density at radius 3 is 2.65 bits per heavy atom. The lowest BCUT2D eigenvalue weighted by molar-refractivity contribution is -0.137. The van der Waals surface area contributed by atoms with E-state index in [9.17, 15) is 9.59 Å². The van der Waals surface area contributed by atoms with Crippen molar-refractivity contribution in [1.29, 1.82) is 0 Å². The molecule has 1 aromatic carbocycles. The summed E-state index contributed by atoms with van der Waals surface area (Å²) in [6, 6.07) is 5.10. The first-order chi connectivity index (χ1) is 9.50. The number of aryl methyl sites for hydroxylation is 1. The molecule has 0 heterocycles. The number of benzene rings is 1. The van der Waals surface area contributed by atoms with E-state index in [1.54, 1.807) is 6.07 Å². The third-order valence-corrected chi connectivity index (χ3v) is 3.13. The van der Waals surface area contributed by atoms with Gasteiger partial charge in [-0.1, -0.05) is 30.2 Å². The Labute approximate surface area is 123 Å². The minimum Gasteiger partial charge on any atom is -0.481 e. The zero-order chi connectivity index (χ0) is 15.0. The molecule has 0 radical (unpaired) electrons. The molecule has 1 rings (SSSR count). The van der Waals surface area contributed by atoms with Crippen molar-refractivity contribution in [2.75, 3.05) is 11.9 Å². The van der Waals surface area contributed by atoms with E-state index >= 15 is 0 Å². The van der Waals surface area contributed by atoms with E-state index in [1.165, 1.54) is 0 Å². The maximum absolute atomic E-state index is 11.7. The van der Waals surface area contributed by atoms with Gasteiger partial charge >= 0.3 is 12.0 Å². The summed E-state index contributed by atoms with van der Waals surface area (Å²) in [4.78, 5) is 22.0. The first-order valence-electron chi connectivity index (χ1n) is 6.52. The predicted molar refractivity (Wildman–Crippen MR) is 79.3 cm³/mol. The normalized spacial score (nSPS) is 10.1. The lowest BCUT2D eigenvalue weighted by Crippen LogP contribution is -2.29. The van der Waals surface area contributed by atoms with Crippen LogP contribution in [-0.4, -0.2) is 23.7 Å². The average molecular weight is 299 g/mol. The second-order valence-corrected chi connectivity index (χ2v) is 4.92. The van der Waals surface area contributed by atoms with Gasteiger partial charge < -0.3 is 15.7 Å². The first kappa shape index (κ1) is 16.3. The van der Waals surface area contributed by atoms with Crippen LogP contribution in [0.4, 0.5) is 10.5 Å². The summed E-state index contributed by atoms with van der Waals surface area (Å²) in [5.41, 5.74) is 1.51. The van der Waals surface area contributed by atoms with Crippen LogP contribution in [0.5, 0.6) is 0 Å². The van der Waals surface area contributed by atoms with Gasteiger partial charge in [0.25, 0.3) is 0 Å². The van der Waals surface area contributed by atoms with Crippen LogP contribution < -0.4 is 10.6 Å². The fourth-order valence-corrected chi connectivity index (χ4v) is 2.00. The number of hydrogen-bond acceptors (Lipinski definition) is 2. The van der Waals surface area contributed by atoms with Gasteiger partial charge in [-0.3, -0.25) is 4.79 Å². The van der Waals surface area contributed by atoms with Crippen molar-refractivity contribution in [3.05, 3.63) is 28.8 Å². The molecule has 0 spiro atoms. The third kappa shape index (κ3) is 5.93. The molecule has 0 aliphatic rings. The fraction of sp³-hybridized carbons (Fsp3) is 0.429. The van der Waals surface area contributed by atoms with Crippen LogP contribution in [0.3, 0.4) is 0 Å². The summed E-state index contributed by atoms with van der Waals surface area (Å²) in [5.74, 6) is -0.787. The monoisotopic (exact) mass is 298 g/mol. The number of carboxylic acid groups (broad SMARTS) is 1. The minimum atomic E-state index is -0.787. The number of carbonyl (C=O) groups is 2. The quantitative estimate of drug-likeness (QED) is 0.675. The Morgan fingerprint density at radius 1 is 1.25 bits per heavy atom. The van der Waals surface area contributed by atoms with Crippen LogP contribution >= 0.6 is 11.6 Å². The minimum absolute atomic E-state index is 0.172. The Bertz CT molecular complexity index is 457. The molecule has 1 aromatic rings. The predicted octanol–water partition coefficient (Wildman–Crippen LogP) is 3.41. The van der Waals surface area contributed by atoms with Crippen molar-refractivity contribution in [3.8, 4) is 0 Å². The second-order valence-electron chi connectivity index (χ2n) is 4.52. The maximum Gasteiger partial charge on any atom is 0.319 e. The van der Waals surface area contributed by atoms with E-state index in [2.05, 4.69) is 10.6 Å². The van der Waals surface area contributed by atoms with Crippen LogP contribution in [0.25, 0.3) is 0 Å². The number of amides is 2. The average Bonchev–Trinajstić information content (AvgIpc) is 2.38. The molecular weight excluding hydrogens is 280 g/mol. The van der Waals surface area contributed by atoms with Gasteiger partial charge in [0.1, 0.15) is 0 Å². The largest absolute Gasteiger partial charge is 0.481 e. The molecule has 0 aliphatic carbocycles. The van der Waals surface area contributed by atoms with E-state index in [0.717, 1.165) is 18.4 Å². The highest BCUT2D eigenvalue weighted by Crippen LogP contribution is 2.24. The summed E-state index contributed by atoms with van der Waals surface area (Å²) in [7, 11) is 0. The molecule has 0 atom stereocenters. The number of unbranched alkanes of at least 4 members (excludes halogenated alkanes) is 2. The lowest BCUT2D eigenvalue weighted by Gasteiger charge is -2.11. The van der Waals surface area contributed by atoms with Gasteiger partial charge in [0, 0.05) is 13.0 Å². The molecule has 110 valence electrons. The highest BCUT2D eigenvalue weighted by Gasteiger charge is 2.07. The number of carboxylic acids is 1. The zero-order valence-corrected chi connectivity index (χ0v) is 12.2. The van der Waals surface area contributed by atoms with Crippen LogP contribution in [0.1, 0.15) is 31.2 Å². The van der Waals surface area contributed by atoms with Gasteiger partial charge in [-0.15, -0.1) is 0 Å². The van der Waals surface area contributed by atoms with Gasteiger partial charge in [-0.05, 0) is 31.4 Å². The number of aliphatic carboxylic acids is 1. The highest BCUT2D eigenvalue weighted by molar-refractivity contribution is 6.33. The molecule has 0 saturated heterocycles. The van der Waals surface area contributed by atoms with E-state index < -0.39 is 5.97 Å². The first-order valence-corrected chi connectivity index (χ1v) is 6.90. The van der Waals surface area contributed by atoms with E-state index in [-0.39, 0.29) is 12.5 Å². The number of halogens is 1. The molecule has 0 bridgehead atoms. The van der Waals surface area contributed by atoms with Crippen LogP contribution in [-0.2, 0) is 4.79 Å². The van der Waals surface area contributed by atoms with E-state index in [4.69, 9.17) is 16.7 Å². The van der Waals surface area contributed by atoms with Crippen molar-refractivity contribution < 1.29 is 14.7 Å². The number of hydrogen-bond donors (Lipinski definition) is 3. The standard InChI is InChI=1S/C14H19ClN2O3/c1-10-6-5-7-11(15)13(10)17-14(20)16-9-4-2-3-8-12(18)19/h5-7H,2-4,8-9H2,1H3,(H,18,19)(H2,16,17,20). The molecule has 0 aromatic heterocycles. The number of nitrogens with one attached hydrogen (secondary N) is 2. The topological polar surface area (TPSA) is 78.4 Å². The third-order valence-electron chi connectivity index (χ3n) is 2.81. The van der Waals surface area contributed by atoms with Crippen molar-refractivity contribution in [3.63, 3.8) is 0 Å². The Morgan fingerprint density at radius 2 is 2.00 bits per heavy atom. The Balaban J connectivity index is 2.25. The summed E-state index contributed by atoms with van der Waals surface area (Å²) < 4.78 is 0. The lowest BCUT2D eigenvalue weighted by atomic mass is 10.2. The highest BCUT2D eigenvalue weighted by atomic mass is 35.5. The van der Waals surface area contributed by atoms with Crippen LogP contribution in [0.2, 0.25) is 5.02 Å². The molecule has 5 nitrogen and oxygen atoms in total. The smallest absolute Gasteiger partial charge is 0.319 e. The molecular formula is C14H19ClN2O3. The number of rotatable bonds is 7. The molecule has 6 heteroatoms. The fourth-order valence-electron chi connectivity index (χ4n) is 1.73. The molecule has 20 heavy (non-hydrogen) atoms. The number of para-hydroxylation sites is 1.